The predicted molar refractivity (Wildman–Crippen MR) is 77.5 cm³/mol. The number of benzene rings is 1. The maximum absolute atomic E-state index is 11.0. The van der Waals surface area contributed by atoms with Crippen LogP contribution in [0.2, 0.25) is 0 Å². The molecule has 1 aromatic rings. The van der Waals surface area contributed by atoms with E-state index < -0.39 is 5.97 Å². The second kappa shape index (κ2) is 9.34. The minimum atomic E-state index is -0.962. The van der Waals surface area contributed by atoms with Gasteiger partial charge in [-0.05, 0) is 25.1 Å². The van der Waals surface area contributed by atoms with Crippen LogP contribution in [0.25, 0.3) is 0 Å². The van der Waals surface area contributed by atoms with Crippen LogP contribution in [-0.2, 0) is 4.74 Å². The van der Waals surface area contributed by atoms with Crippen LogP contribution in [-0.4, -0.2) is 55.9 Å². The topological polar surface area (TPSA) is 59.0 Å². The Morgan fingerprint density at radius 2 is 2.00 bits per heavy atom. The summed E-state index contributed by atoms with van der Waals surface area (Å²) >= 11 is 0. The quantitative estimate of drug-likeness (QED) is 0.666. The van der Waals surface area contributed by atoms with Crippen molar-refractivity contribution in [2.75, 3.05) is 40.0 Å². The summed E-state index contributed by atoms with van der Waals surface area (Å²) in [4.78, 5) is 13.3. The number of rotatable bonds is 10. The van der Waals surface area contributed by atoms with Crippen LogP contribution in [0.5, 0.6) is 5.75 Å². The van der Waals surface area contributed by atoms with Crippen molar-refractivity contribution in [3.63, 3.8) is 0 Å². The molecule has 0 radical (unpaired) electrons. The minimum absolute atomic E-state index is 0.208. The summed E-state index contributed by atoms with van der Waals surface area (Å²) in [6.45, 7) is 6.11. The molecule has 0 aromatic heterocycles. The Morgan fingerprint density at radius 1 is 1.25 bits per heavy atom. The molecule has 0 fully saturated rings. The van der Waals surface area contributed by atoms with Crippen LogP contribution >= 0.6 is 0 Å². The van der Waals surface area contributed by atoms with Crippen LogP contribution in [0, 0.1) is 0 Å². The molecule has 0 heterocycles. The van der Waals surface area contributed by atoms with E-state index in [1.54, 1.807) is 31.4 Å². The molecule has 0 unspecified atom stereocenters. The zero-order valence-electron chi connectivity index (χ0n) is 12.2. The van der Waals surface area contributed by atoms with Crippen LogP contribution < -0.4 is 4.74 Å². The molecule has 1 aromatic carbocycles. The normalized spacial score (nSPS) is 10.8. The monoisotopic (exact) mass is 281 g/mol. The van der Waals surface area contributed by atoms with Crippen molar-refractivity contribution in [3.8, 4) is 5.75 Å². The first kappa shape index (κ1) is 16.5. The van der Waals surface area contributed by atoms with Gasteiger partial charge in [0, 0.05) is 20.2 Å². The highest BCUT2D eigenvalue weighted by Gasteiger charge is 2.10. The number of nitrogens with zero attached hydrogens (tertiary/aromatic N) is 1. The van der Waals surface area contributed by atoms with Gasteiger partial charge < -0.3 is 19.5 Å². The summed E-state index contributed by atoms with van der Waals surface area (Å²) in [5.74, 6) is -0.532. The van der Waals surface area contributed by atoms with Gasteiger partial charge in [0.15, 0.2) is 0 Å². The fraction of sp³-hybridized carbons (Fsp3) is 0.533. The maximum Gasteiger partial charge on any atom is 0.339 e. The van der Waals surface area contributed by atoms with Crippen molar-refractivity contribution in [1.82, 2.24) is 4.90 Å². The zero-order chi connectivity index (χ0) is 14.8. The van der Waals surface area contributed by atoms with Crippen LogP contribution in [0.1, 0.15) is 23.7 Å². The number of hydrogen-bond donors (Lipinski definition) is 1. The fourth-order valence-corrected chi connectivity index (χ4v) is 1.89. The van der Waals surface area contributed by atoms with Gasteiger partial charge in [0.25, 0.3) is 0 Å². The number of hydrogen-bond acceptors (Lipinski definition) is 4. The van der Waals surface area contributed by atoms with E-state index in [1.165, 1.54) is 0 Å². The van der Waals surface area contributed by atoms with E-state index in [0.29, 0.717) is 12.4 Å². The van der Waals surface area contributed by atoms with E-state index in [0.717, 1.165) is 32.7 Å². The minimum Gasteiger partial charge on any atom is -0.493 e. The average Bonchev–Trinajstić information content (AvgIpc) is 2.46. The fourth-order valence-electron chi connectivity index (χ4n) is 1.89. The largest absolute Gasteiger partial charge is 0.493 e. The second-order valence-corrected chi connectivity index (χ2v) is 4.43. The molecule has 20 heavy (non-hydrogen) atoms. The standard InChI is InChI=1S/C15H23NO4/c1-3-16(10-12-19-2)9-6-11-20-14-8-5-4-7-13(14)15(17)18/h4-5,7-8H,3,6,9-12H2,1-2H3,(H,17,18). The first-order valence-electron chi connectivity index (χ1n) is 6.85. The Kier molecular flexibility index (Phi) is 7.69. The molecule has 1 rings (SSSR count). The summed E-state index contributed by atoms with van der Waals surface area (Å²) in [6, 6.07) is 6.71. The second-order valence-electron chi connectivity index (χ2n) is 4.43. The van der Waals surface area contributed by atoms with Gasteiger partial charge >= 0.3 is 5.97 Å². The molecule has 0 aliphatic rings. The molecule has 0 aliphatic carbocycles. The van der Waals surface area contributed by atoms with Gasteiger partial charge in [0.05, 0.1) is 13.2 Å². The summed E-state index contributed by atoms with van der Waals surface area (Å²) in [6.07, 6.45) is 0.853. The molecule has 1 N–H and O–H groups in total. The van der Waals surface area contributed by atoms with Crippen molar-refractivity contribution in [1.29, 1.82) is 0 Å². The highest BCUT2D eigenvalue weighted by Crippen LogP contribution is 2.17. The number of carboxylic acid groups (broad SMARTS) is 1. The molecule has 0 atom stereocenters. The molecule has 112 valence electrons. The third-order valence-corrected chi connectivity index (χ3v) is 3.05. The molecular weight excluding hydrogens is 258 g/mol. The predicted octanol–water partition coefficient (Wildman–Crippen LogP) is 2.12. The third kappa shape index (κ3) is 5.59. The van der Waals surface area contributed by atoms with Crippen molar-refractivity contribution >= 4 is 5.97 Å². The van der Waals surface area contributed by atoms with E-state index in [-0.39, 0.29) is 5.56 Å². The average molecular weight is 281 g/mol. The number of carbonyl (C=O) groups is 1. The van der Waals surface area contributed by atoms with Gasteiger partial charge in [-0.3, -0.25) is 0 Å². The summed E-state index contributed by atoms with van der Waals surface area (Å²) in [5.41, 5.74) is 0.208. The Labute approximate surface area is 120 Å². The van der Waals surface area contributed by atoms with Gasteiger partial charge in [0.2, 0.25) is 0 Å². The Bertz CT molecular complexity index is 409. The van der Waals surface area contributed by atoms with Crippen LogP contribution in [0.4, 0.5) is 0 Å². The molecule has 0 aliphatic heterocycles. The molecule has 0 amide bonds. The molecule has 0 saturated carbocycles. The molecule has 0 bridgehead atoms. The third-order valence-electron chi connectivity index (χ3n) is 3.05. The lowest BCUT2D eigenvalue weighted by atomic mass is 10.2. The number of methoxy groups -OCH3 is 1. The number of aromatic carboxylic acids is 1. The van der Waals surface area contributed by atoms with Gasteiger partial charge in [-0.25, -0.2) is 4.79 Å². The highest BCUT2D eigenvalue weighted by atomic mass is 16.5. The SMILES string of the molecule is CCN(CCCOc1ccccc1C(=O)O)CCOC. The number of ether oxygens (including phenoxy) is 2. The van der Waals surface area contributed by atoms with Crippen molar-refractivity contribution < 1.29 is 19.4 Å². The van der Waals surface area contributed by atoms with Crippen LogP contribution in [0.3, 0.4) is 0 Å². The van der Waals surface area contributed by atoms with E-state index in [4.69, 9.17) is 14.6 Å². The lowest BCUT2D eigenvalue weighted by Gasteiger charge is -2.19. The van der Waals surface area contributed by atoms with Gasteiger partial charge in [-0.1, -0.05) is 19.1 Å². The van der Waals surface area contributed by atoms with E-state index in [9.17, 15) is 4.79 Å². The number of likely N-dealkylation sites (N-methyl/N-ethyl adjacent to an activating group) is 1. The first-order chi connectivity index (χ1) is 9.69. The zero-order valence-corrected chi connectivity index (χ0v) is 12.2. The highest BCUT2D eigenvalue weighted by molar-refractivity contribution is 5.90. The van der Waals surface area contributed by atoms with Gasteiger partial charge in [-0.15, -0.1) is 0 Å². The summed E-state index contributed by atoms with van der Waals surface area (Å²) < 4.78 is 10.6. The first-order valence-corrected chi connectivity index (χ1v) is 6.85. The lowest BCUT2D eigenvalue weighted by Crippen LogP contribution is -2.29. The summed E-state index contributed by atoms with van der Waals surface area (Å²) in [7, 11) is 1.69. The molecule has 0 saturated heterocycles. The summed E-state index contributed by atoms with van der Waals surface area (Å²) in [5, 5.41) is 9.04. The van der Waals surface area contributed by atoms with Crippen molar-refractivity contribution in [2.45, 2.75) is 13.3 Å². The Morgan fingerprint density at radius 3 is 2.65 bits per heavy atom. The molecule has 5 heteroatoms. The lowest BCUT2D eigenvalue weighted by molar-refractivity contribution is 0.0692. The molecule has 5 nitrogen and oxygen atoms in total. The van der Waals surface area contributed by atoms with Crippen LogP contribution in [0.15, 0.2) is 24.3 Å². The Hall–Kier alpha value is -1.59. The van der Waals surface area contributed by atoms with Crippen molar-refractivity contribution in [2.24, 2.45) is 0 Å². The van der Waals surface area contributed by atoms with E-state index in [2.05, 4.69) is 11.8 Å². The van der Waals surface area contributed by atoms with E-state index in [1.807, 2.05) is 0 Å². The Balaban J connectivity index is 2.35. The number of carboxylic acids is 1. The maximum atomic E-state index is 11.0. The smallest absolute Gasteiger partial charge is 0.339 e. The molecule has 0 spiro atoms. The van der Waals surface area contributed by atoms with Gasteiger partial charge in [-0.2, -0.15) is 0 Å². The number of para-hydroxylation sites is 1. The van der Waals surface area contributed by atoms with Gasteiger partial charge in [0.1, 0.15) is 11.3 Å². The van der Waals surface area contributed by atoms with Crippen molar-refractivity contribution in [3.05, 3.63) is 29.8 Å². The van der Waals surface area contributed by atoms with E-state index >= 15 is 0 Å². The molecular formula is C15H23NO4.